The van der Waals surface area contributed by atoms with E-state index in [-0.39, 0.29) is 17.6 Å². The summed E-state index contributed by atoms with van der Waals surface area (Å²) in [5.74, 6) is -0.670. The molecule has 1 aromatic carbocycles. The van der Waals surface area contributed by atoms with Gasteiger partial charge < -0.3 is 14.5 Å². The quantitative estimate of drug-likeness (QED) is 0.430. The van der Waals surface area contributed by atoms with Gasteiger partial charge in [0.1, 0.15) is 5.60 Å². The number of nitrogens with zero attached hydrogens (tertiary/aromatic N) is 3. The second kappa shape index (κ2) is 8.65. The van der Waals surface area contributed by atoms with Crippen LogP contribution in [0.5, 0.6) is 0 Å². The lowest BCUT2D eigenvalue weighted by molar-refractivity contribution is -0.385. The van der Waals surface area contributed by atoms with Crippen molar-refractivity contribution < 1.29 is 18.8 Å². The number of nitro benzene ring substituents is 1. The molecule has 0 N–H and O–H groups in total. The molecule has 0 radical (unpaired) electrons. The SMILES string of the molecule is CC(C)(C)OC(=O)C1CCN(C2CCN(c3ccc([N+](=O)[O-])cc3F)CC2)CC1. The van der Waals surface area contributed by atoms with E-state index in [1.165, 1.54) is 12.1 Å². The van der Waals surface area contributed by atoms with E-state index in [1.54, 1.807) is 0 Å². The first kappa shape index (κ1) is 21.5. The molecule has 0 amide bonds. The van der Waals surface area contributed by atoms with Crippen molar-refractivity contribution in [2.75, 3.05) is 31.1 Å². The third-order valence-electron chi connectivity index (χ3n) is 5.73. The predicted molar refractivity (Wildman–Crippen MR) is 108 cm³/mol. The molecule has 2 heterocycles. The molecule has 0 unspecified atom stereocenters. The number of halogens is 1. The minimum Gasteiger partial charge on any atom is -0.460 e. The Morgan fingerprint density at radius 2 is 1.76 bits per heavy atom. The molecule has 8 heteroatoms. The minimum atomic E-state index is -0.583. The molecular formula is C21H30FN3O4. The van der Waals surface area contributed by atoms with E-state index in [4.69, 9.17) is 4.74 Å². The topological polar surface area (TPSA) is 75.9 Å². The third-order valence-corrected chi connectivity index (χ3v) is 5.73. The monoisotopic (exact) mass is 407 g/mol. The van der Waals surface area contributed by atoms with Crippen molar-refractivity contribution in [3.63, 3.8) is 0 Å². The number of rotatable bonds is 4. The fourth-order valence-electron chi connectivity index (χ4n) is 4.22. The van der Waals surface area contributed by atoms with E-state index >= 15 is 0 Å². The number of hydrogen-bond acceptors (Lipinski definition) is 6. The Morgan fingerprint density at radius 3 is 2.28 bits per heavy atom. The first-order valence-corrected chi connectivity index (χ1v) is 10.3. The van der Waals surface area contributed by atoms with Gasteiger partial charge in [0.25, 0.3) is 5.69 Å². The number of piperidine rings is 2. The number of carbonyl (C=O) groups excluding carboxylic acids is 1. The molecule has 7 nitrogen and oxygen atoms in total. The van der Waals surface area contributed by atoms with Gasteiger partial charge in [0.05, 0.1) is 22.6 Å². The van der Waals surface area contributed by atoms with Gasteiger partial charge in [0.15, 0.2) is 5.82 Å². The van der Waals surface area contributed by atoms with Crippen LogP contribution in [0.15, 0.2) is 18.2 Å². The number of non-ortho nitro benzene ring substituents is 1. The standard InChI is InChI=1S/C21H30FN3O4/c1-21(2,3)29-20(26)15-6-10-23(11-7-15)16-8-12-24(13-9-16)19-5-4-17(25(27)28)14-18(19)22/h4-5,14-16H,6-13H2,1-3H3. The van der Waals surface area contributed by atoms with Crippen LogP contribution < -0.4 is 4.90 Å². The van der Waals surface area contributed by atoms with Crippen molar-refractivity contribution in [1.29, 1.82) is 0 Å². The zero-order valence-electron chi connectivity index (χ0n) is 17.4. The number of benzene rings is 1. The van der Waals surface area contributed by atoms with Crippen LogP contribution in [0.4, 0.5) is 15.8 Å². The van der Waals surface area contributed by atoms with Crippen LogP contribution in [0.2, 0.25) is 0 Å². The molecule has 2 aliphatic rings. The summed E-state index contributed by atoms with van der Waals surface area (Å²) in [6.45, 7) is 8.85. The summed E-state index contributed by atoms with van der Waals surface area (Å²) < 4.78 is 19.8. The van der Waals surface area contributed by atoms with Crippen molar-refractivity contribution in [1.82, 2.24) is 4.90 Å². The number of esters is 1. The number of hydrogen-bond donors (Lipinski definition) is 0. The van der Waals surface area contributed by atoms with Crippen LogP contribution in [0.3, 0.4) is 0 Å². The van der Waals surface area contributed by atoms with Crippen LogP contribution in [0.25, 0.3) is 0 Å². The van der Waals surface area contributed by atoms with Crippen LogP contribution >= 0.6 is 0 Å². The Balaban J connectivity index is 1.49. The molecule has 29 heavy (non-hydrogen) atoms. The Bertz CT molecular complexity index is 749. The highest BCUT2D eigenvalue weighted by molar-refractivity contribution is 5.73. The van der Waals surface area contributed by atoms with E-state index in [1.807, 2.05) is 25.7 Å². The lowest BCUT2D eigenvalue weighted by Gasteiger charge is -2.42. The van der Waals surface area contributed by atoms with Gasteiger partial charge in [-0.05, 0) is 65.6 Å². The van der Waals surface area contributed by atoms with Gasteiger partial charge in [-0.3, -0.25) is 14.9 Å². The van der Waals surface area contributed by atoms with Crippen molar-refractivity contribution >= 4 is 17.3 Å². The van der Waals surface area contributed by atoms with E-state index in [2.05, 4.69) is 4.90 Å². The predicted octanol–water partition coefficient (Wildman–Crippen LogP) is 3.76. The van der Waals surface area contributed by atoms with Gasteiger partial charge in [-0.2, -0.15) is 0 Å². The lowest BCUT2D eigenvalue weighted by atomic mass is 9.93. The molecule has 3 rings (SSSR count). The first-order valence-electron chi connectivity index (χ1n) is 10.3. The summed E-state index contributed by atoms with van der Waals surface area (Å²) in [5.41, 5.74) is -0.250. The molecule has 0 aliphatic carbocycles. The maximum absolute atomic E-state index is 14.3. The zero-order valence-corrected chi connectivity index (χ0v) is 17.4. The van der Waals surface area contributed by atoms with Gasteiger partial charge in [-0.25, -0.2) is 4.39 Å². The third kappa shape index (κ3) is 5.44. The highest BCUT2D eigenvalue weighted by Crippen LogP contribution is 2.30. The summed E-state index contributed by atoms with van der Waals surface area (Å²) in [5, 5.41) is 10.8. The summed E-state index contributed by atoms with van der Waals surface area (Å²) >= 11 is 0. The molecule has 2 saturated heterocycles. The van der Waals surface area contributed by atoms with Crippen molar-refractivity contribution in [2.45, 2.75) is 58.1 Å². The second-order valence-corrected chi connectivity index (χ2v) is 8.95. The largest absolute Gasteiger partial charge is 0.460 e. The van der Waals surface area contributed by atoms with Gasteiger partial charge in [0, 0.05) is 25.2 Å². The fourth-order valence-corrected chi connectivity index (χ4v) is 4.22. The summed E-state index contributed by atoms with van der Waals surface area (Å²) in [6.07, 6.45) is 3.44. The van der Waals surface area contributed by atoms with Gasteiger partial charge >= 0.3 is 5.97 Å². The molecule has 2 fully saturated rings. The minimum absolute atomic E-state index is 0.0280. The highest BCUT2D eigenvalue weighted by Gasteiger charge is 2.33. The number of nitro groups is 1. The van der Waals surface area contributed by atoms with Crippen molar-refractivity contribution in [3.05, 3.63) is 34.1 Å². The molecule has 160 valence electrons. The van der Waals surface area contributed by atoms with Crippen LogP contribution in [0, 0.1) is 21.8 Å². The van der Waals surface area contributed by atoms with E-state index in [0.717, 1.165) is 44.8 Å². The smallest absolute Gasteiger partial charge is 0.309 e. The molecule has 0 atom stereocenters. The summed E-state index contributed by atoms with van der Waals surface area (Å²) in [7, 11) is 0. The molecule has 1 aromatic rings. The van der Waals surface area contributed by atoms with Gasteiger partial charge in [-0.15, -0.1) is 0 Å². The molecular weight excluding hydrogens is 377 g/mol. The van der Waals surface area contributed by atoms with Gasteiger partial charge in [0.2, 0.25) is 0 Å². The highest BCUT2D eigenvalue weighted by atomic mass is 19.1. The van der Waals surface area contributed by atoms with Crippen molar-refractivity contribution in [3.8, 4) is 0 Å². The molecule has 2 aliphatic heterocycles. The van der Waals surface area contributed by atoms with Crippen LogP contribution in [0.1, 0.15) is 46.5 Å². The Kier molecular flexibility index (Phi) is 6.41. The van der Waals surface area contributed by atoms with E-state index in [0.29, 0.717) is 24.8 Å². The average Bonchev–Trinajstić information content (AvgIpc) is 2.67. The van der Waals surface area contributed by atoms with E-state index < -0.39 is 16.3 Å². The Labute approximate surface area is 171 Å². The number of likely N-dealkylation sites (tertiary alicyclic amines) is 1. The average molecular weight is 407 g/mol. The maximum Gasteiger partial charge on any atom is 0.309 e. The summed E-state index contributed by atoms with van der Waals surface area (Å²) in [6, 6.07) is 4.27. The van der Waals surface area contributed by atoms with Crippen LogP contribution in [-0.4, -0.2) is 53.6 Å². The number of ether oxygens (including phenoxy) is 1. The van der Waals surface area contributed by atoms with E-state index in [9.17, 15) is 19.3 Å². The van der Waals surface area contributed by atoms with Crippen molar-refractivity contribution in [2.24, 2.45) is 5.92 Å². The molecule has 0 saturated carbocycles. The summed E-state index contributed by atoms with van der Waals surface area (Å²) in [4.78, 5) is 26.9. The lowest BCUT2D eigenvalue weighted by Crippen LogP contribution is -2.49. The Morgan fingerprint density at radius 1 is 1.14 bits per heavy atom. The Hall–Kier alpha value is -2.22. The maximum atomic E-state index is 14.3. The van der Waals surface area contributed by atoms with Gasteiger partial charge in [-0.1, -0.05) is 0 Å². The zero-order chi connectivity index (χ0) is 21.2. The molecule has 0 aromatic heterocycles. The molecule has 0 bridgehead atoms. The number of anilines is 1. The normalized spacial score (nSPS) is 19.9. The second-order valence-electron chi connectivity index (χ2n) is 8.95. The molecule has 0 spiro atoms. The van der Waals surface area contributed by atoms with Crippen LogP contribution in [-0.2, 0) is 9.53 Å². The fraction of sp³-hybridized carbons (Fsp3) is 0.667. The number of carbonyl (C=O) groups is 1. The first-order chi connectivity index (χ1) is 13.6.